The van der Waals surface area contributed by atoms with Crippen molar-refractivity contribution in [2.75, 3.05) is 24.3 Å². The molecule has 184 valence electrons. The Morgan fingerprint density at radius 3 is 2.12 bits per heavy atom. The maximum atomic E-state index is 11.9. The number of urea groups is 1. The number of nitrogens with one attached hydrogen (secondary N) is 3. The maximum absolute atomic E-state index is 11.9. The van der Waals surface area contributed by atoms with Crippen LogP contribution in [-0.4, -0.2) is 57.0 Å². The zero-order valence-electron chi connectivity index (χ0n) is 18.0. The van der Waals surface area contributed by atoms with E-state index in [1.165, 1.54) is 36.4 Å². The van der Waals surface area contributed by atoms with Crippen molar-refractivity contribution in [2.24, 2.45) is 0 Å². The number of benzene rings is 2. The highest BCUT2D eigenvalue weighted by molar-refractivity contribution is 7.87. The van der Waals surface area contributed by atoms with Crippen LogP contribution in [0.2, 0.25) is 0 Å². The van der Waals surface area contributed by atoms with Gasteiger partial charge in [-0.05, 0) is 42.3 Å². The molecule has 12 nitrogen and oxygen atoms in total. The van der Waals surface area contributed by atoms with Crippen LogP contribution >= 0.6 is 0 Å². The third-order valence-corrected chi connectivity index (χ3v) is 6.08. The molecule has 0 radical (unpaired) electrons. The fourth-order valence-corrected chi connectivity index (χ4v) is 4.02. The van der Waals surface area contributed by atoms with Gasteiger partial charge in [0, 0.05) is 25.0 Å². The summed E-state index contributed by atoms with van der Waals surface area (Å²) in [6.45, 7) is 2.08. The van der Waals surface area contributed by atoms with Crippen molar-refractivity contribution in [3.63, 3.8) is 0 Å². The number of methoxy groups -OCH3 is 1. The van der Waals surface area contributed by atoms with Gasteiger partial charge in [-0.15, -0.1) is 0 Å². The highest BCUT2D eigenvalue weighted by atomic mass is 32.2. The molecule has 14 heteroatoms. The Morgan fingerprint density at radius 1 is 0.971 bits per heavy atom. The topological polar surface area (TPSA) is 188 Å². The molecular weight excluding hydrogens is 490 g/mol. The molecule has 1 unspecified atom stereocenters. The summed E-state index contributed by atoms with van der Waals surface area (Å²) < 4.78 is 69.0. The molecule has 2 aromatic rings. The summed E-state index contributed by atoms with van der Waals surface area (Å²) in [5, 5.41) is 7.23. The number of anilines is 2. The van der Waals surface area contributed by atoms with Crippen LogP contribution in [0.3, 0.4) is 0 Å². The molecule has 0 aliphatic heterocycles. The molecule has 0 bridgehead atoms. The molecule has 0 saturated carbocycles. The van der Waals surface area contributed by atoms with E-state index in [2.05, 4.69) is 20.7 Å². The lowest BCUT2D eigenvalue weighted by molar-refractivity contribution is -0.121. The summed E-state index contributed by atoms with van der Waals surface area (Å²) in [4.78, 5) is 23.2. The Morgan fingerprint density at radius 2 is 1.59 bits per heavy atom. The Bertz CT molecular complexity index is 1290. The average Bonchev–Trinajstić information content (AvgIpc) is 2.72. The Kier molecular flexibility index (Phi) is 8.89. The van der Waals surface area contributed by atoms with Gasteiger partial charge in [0.05, 0.1) is 0 Å². The summed E-state index contributed by atoms with van der Waals surface area (Å²) in [7, 11) is -8.40. The summed E-state index contributed by atoms with van der Waals surface area (Å²) in [6, 6.07) is 9.41. The van der Waals surface area contributed by atoms with Gasteiger partial charge in [0.2, 0.25) is 0 Å². The van der Waals surface area contributed by atoms with E-state index < -0.39 is 42.5 Å². The Hall–Kier alpha value is -3.30. The fourth-order valence-electron chi connectivity index (χ4n) is 2.74. The van der Waals surface area contributed by atoms with Crippen LogP contribution in [0.4, 0.5) is 16.2 Å². The second-order valence-corrected chi connectivity index (χ2v) is 9.59. The van der Waals surface area contributed by atoms with Crippen LogP contribution < -0.4 is 16.0 Å². The van der Waals surface area contributed by atoms with Crippen LogP contribution in [0, 0.1) is 0 Å². The fraction of sp³-hybridized carbons (Fsp3) is 0.200. The van der Waals surface area contributed by atoms with Crippen molar-refractivity contribution in [2.45, 2.75) is 17.3 Å². The zero-order valence-corrected chi connectivity index (χ0v) is 19.7. The molecule has 0 fully saturated rings. The molecule has 2 rings (SSSR count). The van der Waals surface area contributed by atoms with E-state index in [9.17, 15) is 31.0 Å². The molecule has 0 saturated heterocycles. The lowest BCUT2D eigenvalue weighted by Gasteiger charge is -2.12. The maximum Gasteiger partial charge on any atom is 0.319 e. The molecular formula is C20H23N3O9S2. The normalized spacial score (nSPS) is 12.8. The first-order chi connectivity index (χ1) is 15.8. The van der Waals surface area contributed by atoms with Gasteiger partial charge in [-0.1, -0.05) is 30.4 Å². The molecule has 3 amide bonds. The molecule has 0 heterocycles. The van der Waals surface area contributed by atoms with Gasteiger partial charge in [0.1, 0.15) is 4.90 Å². The van der Waals surface area contributed by atoms with E-state index in [0.717, 1.165) is 13.2 Å². The molecule has 0 aliphatic carbocycles. The van der Waals surface area contributed by atoms with Crippen LogP contribution in [0.1, 0.15) is 18.1 Å². The lowest BCUT2D eigenvalue weighted by atomic mass is 10.1. The summed E-state index contributed by atoms with van der Waals surface area (Å²) in [5.74, 6) is -1.09. The predicted molar refractivity (Wildman–Crippen MR) is 125 cm³/mol. The molecule has 0 aliphatic rings. The van der Waals surface area contributed by atoms with Crippen molar-refractivity contribution in [1.29, 1.82) is 0 Å². The zero-order chi connectivity index (χ0) is 25.5. The van der Waals surface area contributed by atoms with Gasteiger partial charge in [-0.2, -0.15) is 16.8 Å². The van der Waals surface area contributed by atoms with Crippen molar-refractivity contribution in [3.8, 4) is 0 Å². The monoisotopic (exact) mass is 513 g/mol. The Labute approximate surface area is 196 Å². The van der Waals surface area contributed by atoms with Gasteiger partial charge >= 0.3 is 16.1 Å². The van der Waals surface area contributed by atoms with Gasteiger partial charge in [0.15, 0.2) is 0 Å². The first-order valence-corrected chi connectivity index (χ1v) is 12.5. The predicted octanol–water partition coefficient (Wildman–Crippen LogP) is 2.04. The van der Waals surface area contributed by atoms with Gasteiger partial charge in [-0.3, -0.25) is 13.9 Å². The molecule has 2 aromatic carbocycles. The van der Waals surface area contributed by atoms with E-state index in [0.29, 0.717) is 12.1 Å². The van der Waals surface area contributed by atoms with Crippen LogP contribution in [-0.2, 0) is 29.8 Å². The number of amides is 3. The summed E-state index contributed by atoms with van der Waals surface area (Å²) >= 11 is 0. The van der Waals surface area contributed by atoms with Crippen LogP contribution in [0.5, 0.6) is 0 Å². The van der Waals surface area contributed by atoms with Crippen LogP contribution in [0.15, 0.2) is 47.4 Å². The minimum absolute atomic E-state index is 0.150. The minimum Gasteiger partial charge on any atom is -0.355 e. The van der Waals surface area contributed by atoms with E-state index >= 15 is 0 Å². The number of ether oxygens (including phenoxy) is 1. The molecule has 0 spiro atoms. The molecule has 0 aromatic heterocycles. The average molecular weight is 514 g/mol. The lowest BCUT2D eigenvalue weighted by Crippen LogP contribution is -2.36. The number of hydrogen-bond donors (Lipinski definition) is 5. The van der Waals surface area contributed by atoms with Crippen molar-refractivity contribution >= 4 is 55.7 Å². The number of carbonyl (C=O) groups excluding carboxylic acids is 2. The van der Waals surface area contributed by atoms with E-state index in [1.807, 2.05) is 0 Å². The quantitative estimate of drug-likeness (QED) is 0.247. The second-order valence-electron chi connectivity index (χ2n) is 6.74. The van der Waals surface area contributed by atoms with E-state index in [4.69, 9.17) is 4.55 Å². The molecule has 5 N–H and O–H groups in total. The number of carbonyl (C=O) groups is 2. The van der Waals surface area contributed by atoms with E-state index in [1.54, 1.807) is 19.1 Å². The first-order valence-electron chi connectivity index (χ1n) is 9.59. The smallest absolute Gasteiger partial charge is 0.319 e. The standard InChI is InChI=1S/C20H23N3O9S2/c1-3-21-20(25)23-16-11-8-14(17(12-16)33(26,27)28)7-4-13-5-9-15(10-6-13)22-18(24)19(32-2)34(29,30)31/h4-12,19H,3H2,1-2H3,(H,22,24)(H2,21,23,25)(H,26,27,28)(H,29,30,31)/b7-4+. The van der Waals surface area contributed by atoms with Crippen molar-refractivity contribution in [3.05, 3.63) is 53.6 Å². The first kappa shape index (κ1) is 26.9. The Balaban J connectivity index is 2.21. The number of rotatable bonds is 9. The SMILES string of the molecule is CCNC(=O)Nc1ccc(/C=C/c2ccc(NC(=O)C(OC)S(=O)(=O)O)cc2)c(S(=O)(=O)O)c1. The third-order valence-electron chi connectivity index (χ3n) is 4.22. The van der Waals surface area contributed by atoms with Crippen molar-refractivity contribution < 1.29 is 40.3 Å². The highest BCUT2D eigenvalue weighted by Gasteiger charge is 2.30. The van der Waals surface area contributed by atoms with Gasteiger partial charge in [0.25, 0.3) is 21.5 Å². The van der Waals surface area contributed by atoms with Crippen LogP contribution in [0.25, 0.3) is 12.2 Å². The second kappa shape index (κ2) is 11.2. The molecule has 1 atom stereocenters. The van der Waals surface area contributed by atoms with E-state index in [-0.39, 0.29) is 16.9 Å². The van der Waals surface area contributed by atoms with Crippen molar-refractivity contribution in [1.82, 2.24) is 5.32 Å². The summed E-state index contributed by atoms with van der Waals surface area (Å²) in [6.07, 6.45) is 2.95. The largest absolute Gasteiger partial charge is 0.355 e. The molecule has 34 heavy (non-hydrogen) atoms. The summed E-state index contributed by atoms with van der Waals surface area (Å²) in [5.41, 5.74) is -0.988. The third kappa shape index (κ3) is 7.64. The van der Waals surface area contributed by atoms with Gasteiger partial charge in [-0.25, -0.2) is 4.79 Å². The number of hydrogen-bond acceptors (Lipinski definition) is 7. The minimum atomic E-state index is -4.75. The highest BCUT2D eigenvalue weighted by Crippen LogP contribution is 2.23. The van der Waals surface area contributed by atoms with Gasteiger partial charge < -0.3 is 20.7 Å².